The number of nitrogens with one attached hydrogen (secondary N) is 2. The van der Waals surface area contributed by atoms with E-state index in [9.17, 15) is 0 Å². The van der Waals surface area contributed by atoms with Crippen LogP contribution in [0.4, 0.5) is 0 Å². The van der Waals surface area contributed by atoms with E-state index in [1.807, 2.05) is 36.3 Å². The molecular formula is C22H31N7. The van der Waals surface area contributed by atoms with Crippen molar-refractivity contribution in [2.45, 2.75) is 46.2 Å². The molecule has 3 rings (SSSR count). The summed E-state index contributed by atoms with van der Waals surface area (Å²) >= 11 is 0. The Morgan fingerprint density at radius 2 is 2.07 bits per heavy atom. The predicted molar refractivity (Wildman–Crippen MR) is 117 cm³/mol. The Labute approximate surface area is 172 Å². The van der Waals surface area contributed by atoms with Crippen LogP contribution in [0.1, 0.15) is 44.1 Å². The summed E-state index contributed by atoms with van der Waals surface area (Å²) in [6, 6.07) is 10.5. The number of aryl methyl sites for hydroxylation is 2. The third-order valence-electron chi connectivity index (χ3n) is 4.84. The van der Waals surface area contributed by atoms with Crippen LogP contribution in [0.15, 0.2) is 60.1 Å². The second-order valence-corrected chi connectivity index (χ2v) is 7.05. The minimum absolute atomic E-state index is 0.136. The number of unbranched alkanes of at least 4 members (excludes halogenated alkanes) is 1. The summed E-state index contributed by atoms with van der Waals surface area (Å²) < 4.78 is 4.05. The molecule has 154 valence electrons. The van der Waals surface area contributed by atoms with Crippen LogP contribution in [0.25, 0.3) is 5.69 Å². The van der Waals surface area contributed by atoms with Crippen molar-refractivity contribution < 1.29 is 0 Å². The Morgan fingerprint density at radius 1 is 1.17 bits per heavy atom. The molecule has 0 aliphatic rings. The van der Waals surface area contributed by atoms with Crippen molar-refractivity contribution in [2.24, 2.45) is 4.99 Å². The highest BCUT2D eigenvalue weighted by molar-refractivity contribution is 5.80. The normalized spacial score (nSPS) is 12.7. The molecule has 0 spiro atoms. The monoisotopic (exact) mass is 393 g/mol. The van der Waals surface area contributed by atoms with Gasteiger partial charge in [0.05, 0.1) is 11.7 Å². The molecule has 7 heteroatoms. The molecule has 0 radical (unpaired) electrons. The predicted octanol–water partition coefficient (Wildman–Crippen LogP) is 3.47. The average molecular weight is 394 g/mol. The molecule has 0 fully saturated rings. The molecule has 29 heavy (non-hydrogen) atoms. The number of imidazole rings is 1. The molecular weight excluding hydrogens is 362 g/mol. The Balaban J connectivity index is 1.54. The summed E-state index contributed by atoms with van der Waals surface area (Å²) in [6.45, 7) is 8.89. The molecule has 2 N–H and O–H groups in total. The molecule has 2 heterocycles. The highest BCUT2D eigenvalue weighted by atomic mass is 15.3. The van der Waals surface area contributed by atoms with Gasteiger partial charge in [0, 0.05) is 44.4 Å². The second-order valence-electron chi connectivity index (χ2n) is 7.05. The third kappa shape index (κ3) is 5.94. The first-order chi connectivity index (χ1) is 14.2. The van der Waals surface area contributed by atoms with E-state index >= 15 is 0 Å². The highest BCUT2D eigenvalue weighted by Gasteiger charge is 2.09. The van der Waals surface area contributed by atoms with Gasteiger partial charge in [-0.25, -0.2) is 9.67 Å². The lowest BCUT2D eigenvalue weighted by Gasteiger charge is -2.19. The SMILES string of the molecule is CCNC(=NCCCCn1ccnc1C)NC(C)c1cccc(-n2cccn2)c1. The fourth-order valence-electron chi connectivity index (χ4n) is 3.19. The van der Waals surface area contributed by atoms with E-state index in [0.717, 1.165) is 49.9 Å². The largest absolute Gasteiger partial charge is 0.357 e. The van der Waals surface area contributed by atoms with Crippen molar-refractivity contribution in [2.75, 3.05) is 13.1 Å². The molecule has 3 aromatic rings. The zero-order chi connectivity index (χ0) is 20.5. The summed E-state index contributed by atoms with van der Waals surface area (Å²) in [5.74, 6) is 1.91. The number of guanidine groups is 1. The summed E-state index contributed by atoms with van der Waals surface area (Å²) in [5, 5.41) is 11.2. The van der Waals surface area contributed by atoms with Crippen molar-refractivity contribution in [3.63, 3.8) is 0 Å². The lowest BCUT2D eigenvalue weighted by atomic mass is 10.1. The van der Waals surface area contributed by atoms with Crippen LogP contribution < -0.4 is 10.6 Å². The zero-order valence-corrected chi connectivity index (χ0v) is 17.5. The summed E-state index contributed by atoms with van der Waals surface area (Å²) in [6.07, 6.45) is 9.75. The lowest BCUT2D eigenvalue weighted by molar-refractivity contribution is 0.599. The molecule has 1 atom stereocenters. The van der Waals surface area contributed by atoms with E-state index < -0.39 is 0 Å². The number of benzene rings is 1. The number of aromatic nitrogens is 4. The van der Waals surface area contributed by atoms with E-state index in [1.165, 1.54) is 5.56 Å². The van der Waals surface area contributed by atoms with Gasteiger partial charge >= 0.3 is 0 Å². The van der Waals surface area contributed by atoms with Crippen LogP contribution in [0.3, 0.4) is 0 Å². The van der Waals surface area contributed by atoms with Gasteiger partial charge in [0.1, 0.15) is 5.82 Å². The van der Waals surface area contributed by atoms with Crippen LogP contribution in [0.2, 0.25) is 0 Å². The van der Waals surface area contributed by atoms with E-state index in [2.05, 4.69) is 63.4 Å². The van der Waals surface area contributed by atoms with Gasteiger partial charge in [-0.05, 0) is 57.4 Å². The lowest BCUT2D eigenvalue weighted by Crippen LogP contribution is -2.38. The first kappa shape index (κ1) is 20.6. The van der Waals surface area contributed by atoms with Crippen LogP contribution in [-0.2, 0) is 6.54 Å². The molecule has 0 bridgehead atoms. The van der Waals surface area contributed by atoms with E-state index in [-0.39, 0.29) is 6.04 Å². The quantitative estimate of drug-likeness (QED) is 0.332. The molecule has 0 aliphatic heterocycles. The first-order valence-corrected chi connectivity index (χ1v) is 10.3. The van der Waals surface area contributed by atoms with Crippen molar-refractivity contribution in [3.8, 4) is 5.69 Å². The topological polar surface area (TPSA) is 72.1 Å². The smallest absolute Gasteiger partial charge is 0.191 e. The summed E-state index contributed by atoms with van der Waals surface area (Å²) in [7, 11) is 0. The molecule has 0 aliphatic carbocycles. The van der Waals surface area contributed by atoms with E-state index in [4.69, 9.17) is 4.99 Å². The molecule has 2 aromatic heterocycles. The maximum Gasteiger partial charge on any atom is 0.191 e. The van der Waals surface area contributed by atoms with Crippen molar-refractivity contribution in [1.82, 2.24) is 30.0 Å². The minimum atomic E-state index is 0.136. The van der Waals surface area contributed by atoms with E-state index in [1.54, 1.807) is 6.20 Å². The summed E-state index contributed by atoms with van der Waals surface area (Å²) in [5.41, 5.74) is 2.25. The fourth-order valence-corrected chi connectivity index (χ4v) is 3.19. The second kappa shape index (κ2) is 10.5. The van der Waals surface area contributed by atoms with Crippen molar-refractivity contribution >= 4 is 5.96 Å². The Hall–Kier alpha value is -3.09. The van der Waals surface area contributed by atoms with Crippen LogP contribution in [0, 0.1) is 6.92 Å². The Kier molecular flexibility index (Phi) is 7.44. The minimum Gasteiger partial charge on any atom is -0.357 e. The molecule has 0 saturated carbocycles. The number of rotatable bonds is 9. The Bertz CT molecular complexity index is 896. The van der Waals surface area contributed by atoms with Gasteiger partial charge in [-0.15, -0.1) is 0 Å². The van der Waals surface area contributed by atoms with Gasteiger partial charge in [-0.2, -0.15) is 5.10 Å². The number of aliphatic imine (C=N–C) groups is 1. The fraction of sp³-hybridized carbons (Fsp3) is 0.409. The Morgan fingerprint density at radius 3 is 2.79 bits per heavy atom. The van der Waals surface area contributed by atoms with Crippen LogP contribution in [0.5, 0.6) is 0 Å². The number of hydrogen-bond donors (Lipinski definition) is 2. The molecule has 0 saturated heterocycles. The number of hydrogen-bond acceptors (Lipinski definition) is 3. The van der Waals surface area contributed by atoms with Gasteiger partial charge < -0.3 is 15.2 Å². The molecule has 1 unspecified atom stereocenters. The summed E-state index contributed by atoms with van der Waals surface area (Å²) in [4.78, 5) is 9.01. The maximum absolute atomic E-state index is 4.74. The van der Waals surface area contributed by atoms with Crippen LogP contribution in [-0.4, -0.2) is 38.4 Å². The molecule has 1 aromatic carbocycles. The average Bonchev–Trinajstić information content (AvgIpc) is 3.40. The first-order valence-electron chi connectivity index (χ1n) is 10.3. The molecule has 7 nitrogen and oxygen atoms in total. The van der Waals surface area contributed by atoms with Gasteiger partial charge in [-0.3, -0.25) is 4.99 Å². The number of nitrogens with zero attached hydrogens (tertiary/aromatic N) is 5. The van der Waals surface area contributed by atoms with Gasteiger partial charge in [-0.1, -0.05) is 12.1 Å². The highest BCUT2D eigenvalue weighted by Crippen LogP contribution is 2.16. The van der Waals surface area contributed by atoms with Crippen molar-refractivity contribution in [3.05, 3.63) is 66.5 Å². The maximum atomic E-state index is 4.74. The van der Waals surface area contributed by atoms with Crippen LogP contribution >= 0.6 is 0 Å². The van der Waals surface area contributed by atoms with Gasteiger partial charge in [0.15, 0.2) is 5.96 Å². The molecule has 0 amide bonds. The van der Waals surface area contributed by atoms with Gasteiger partial charge in [0.25, 0.3) is 0 Å². The standard InChI is InChI=1S/C22H31N7/c1-4-23-22(25-11-5-6-14-28-16-13-24-19(28)3)27-18(2)20-9-7-10-21(17-20)29-15-8-12-26-29/h7-10,12-13,15-18H,4-6,11,14H2,1-3H3,(H2,23,25,27). The third-order valence-corrected chi connectivity index (χ3v) is 4.84. The van der Waals surface area contributed by atoms with Gasteiger partial charge in [0.2, 0.25) is 0 Å². The zero-order valence-electron chi connectivity index (χ0n) is 17.5. The van der Waals surface area contributed by atoms with Crippen molar-refractivity contribution in [1.29, 1.82) is 0 Å². The van der Waals surface area contributed by atoms with E-state index in [0.29, 0.717) is 0 Å².